The van der Waals surface area contributed by atoms with Crippen LogP contribution in [0.25, 0.3) is 0 Å². The van der Waals surface area contributed by atoms with Crippen molar-refractivity contribution in [1.29, 1.82) is 0 Å². The molecular weight excluding hydrogens is 529 g/mol. The van der Waals surface area contributed by atoms with E-state index in [-0.39, 0.29) is 34.0 Å². The lowest BCUT2D eigenvalue weighted by Gasteiger charge is -2.23. The zero-order valence-corrected chi connectivity index (χ0v) is 22.8. The van der Waals surface area contributed by atoms with Crippen molar-refractivity contribution in [2.24, 2.45) is 0 Å². The molecule has 3 aromatic carbocycles. The lowest BCUT2D eigenvalue weighted by Crippen LogP contribution is -2.30. The van der Waals surface area contributed by atoms with Crippen LogP contribution in [0.5, 0.6) is 5.75 Å². The molecular formula is C28H28FNO6S2. The molecule has 200 valence electrons. The van der Waals surface area contributed by atoms with E-state index in [0.717, 1.165) is 29.8 Å². The monoisotopic (exact) mass is 557 g/mol. The first-order valence-electron chi connectivity index (χ1n) is 11.8. The standard InChI is InChI=1S/C28H28FNO6S2/c1-28(2,3)22-9-13-26(14-10-22)37(31,32)30(20-25-8-5-17-35-25)19-21-6-4-7-24(18-21)36-38(33,34)27-15-11-23(29)12-16-27/h4-18H,19-20H2,1-3H3. The summed E-state index contributed by atoms with van der Waals surface area (Å²) in [6.45, 7) is 6.04. The summed E-state index contributed by atoms with van der Waals surface area (Å²) in [5.74, 6) is -0.125. The molecule has 4 rings (SSSR count). The number of benzene rings is 3. The predicted molar refractivity (Wildman–Crippen MR) is 141 cm³/mol. The number of hydrogen-bond donors (Lipinski definition) is 0. The lowest BCUT2D eigenvalue weighted by atomic mass is 9.87. The molecule has 1 aromatic heterocycles. The molecule has 0 aliphatic rings. The van der Waals surface area contributed by atoms with Crippen molar-refractivity contribution in [2.45, 2.75) is 49.1 Å². The number of halogens is 1. The maximum absolute atomic E-state index is 13.7. The Morgan fingerprint density at radius 3 is 2.08 bits per heavy atom. The molecule has 7 nitrogen and oxygen atoms in total. The molecule has 0 amide bonds. The normalized spacial score (nSPS) is 12.6. The molecule has 0 fully saturated rings. The van der Waals surface area contributed by atoms with E-state index in [2.05, 4.69) is 0 Å². The van der Waals surface area contributed by atoms with Gasteiger partial charge in [0, 0.05) is 6.54 Å². The second-order valence-electron chi connectivity index (χ2n) is 9.77. The zero-order valence-electron chi connectivity index (χ0n) is 21.2. The van der Waals surface area contributed by atoms with Gasteiger partial charge in [0.15, 0.2) is 0 Å². The van der Waals surface area contributed by atoms with E-state index in [0.29, 0.717) is 11.3 Å². The average Bonchev–Trinajstić information content (AvgIpc) is 3.37. The third-order valence-electron chi connectivity index (χ3n) is 5.84. The molecule has 1 heterocycles. The van der Waals surface area contributed by atoms with E-state index in [1.54, 1.807) is 48.5 Å². The van der Waals surface area contributed by atoms with E-state index in [4.69, 9.17) is 8.60 Å². The number of hydrogen-bond acceptors (Lipinski definition) is 6. The van der Waals surface area contributed by atoms with Crippen LogP contribution in [0.4, 0.5) is 4.39 Å². The third-order valence-corrected chi connectivity index (χ3v) is 8.90. The van der Waals surface area contributed by atoms with Crippen molar-refractivity contribution < 1.29 is 29.8 Å². The fourth-order valence-electron chi connectivity index (χ4n) is 3.75. The average molecular weight is 558 g/mol. The van der Waals surface area contributed by atoms with Crippen LogP contribution in [-0.2, 0) is 38.6 Å². The van der Waals surface area contributed by atoms with Gasteiger partial charge in [0.05, 0.1) is 17.7 Å². The van der Waals surface area contributed by atoms with Crippen molar-refractivity contribution in [3.63, 3.8) is 0 Å². The van der Waals surface area contributed by atoms with E-state index >= 15 is 0 Å². The molecule has 4 aromatic rings. The van der Waals surface area contributed by atoms with Crippen LogP contribution >= 0.6 is 0 Å². The molecule has 0 bridgehead atoms. The van der Waals surface area contributed by atoms with E-state index in [9.17, 15) is 21.2 Å². The Labute approximate surface area is 222 Å². The Morgan fingerprint density at radius 1 is 0.816 bits per heavy atom. The fraction of sp³-hybridized carbons (Fsp3) is 0.214. The van der Waals surface area contributed by atoms with Crippen LogP contribution in [0, 0.1) is 5.82 Å². The Morgan fingerprint density at radius 2 is 1.47 bits per heavy atom. The van der Waals surface area contributed by atoms with Gasteiger partial charge in [-0.05, 0) is 77.2 Å². The minimum atomic E-state index is -4.22. The summed E-state index contributed by atoms with van der Waals surface area (Å²) in [5.41, 5.74) is 1.37. The van der Waals surface area contributed by atoms with Crippen LogP contribution < -0.4 is 4.18 Å². The second-order valence-corrected chi connectivity index (χ2v) is 13.2. The summed E-state index contributed by atoms with van der Waals surface area (Å²) < 4.78 is 77.7. The molecule has 0 unspecified atom stereocenters. The molecule has 0 radical (unpaired) electrons. The van der Waals surface area contributed by atoms with Gasteiger partial charge in [-0.15, -0.1) is 0 Å². The summed E-state index contributed by atoms with van der Waals surface area (Å²) in [7, 11) is -8.17. The molecule has 0 saturated heterocycles. The largest absolute Gasteiger partial charge is 0.468 e. The molecule has 0 aliphatic heterocycles. The molecule has 0 N–H and O–H groups in total. The van der Waals surface area contributed by atoms with E-state index < -0.39 is 26.0 Å². The lowest BCUT2D eigenvalue weighted by molar-refractivity contribution is 0.358. The van der Waals surface area contributed by atoms with Gasteiger partial charge < -0.3 is 8.60 Å². The summed E-state index contributed by atoms with van der Waals surface area (Å²) in [6, 6.07) is 20.5. The highest BCUT2D eigenvalue weighted by molar-refractivity contribution is 7.89. The topological polar surface area (TPSA) is 93.9 Å². The third kappa shape index (κ3) is 6.50. The van der Waals surface area contributed by atoms with Gasteiger partial charge >= 0.3 is 10.1 Å². The van der Waals surface area contributed by atoms with Crippen molar-refractivity contribution in [3.8, 4) is 5.75 Å². The van der Waals surface area contributed by atoms with Crippen LogP contribution in [0.2, 0.25) is 0 Å². The van der Waals surface area contributed by atoms with Gasteiger partial charge in [0.25, 0.3) is 0 Å². The summed E-state index contributed by atoms with van der Waals surface area (Å²) in [6.07, 6.45) is 1.47. The number of furan rings is 1. The molecule has 38 heavy (non-hydrogen) atoms. The van der Waals surface area contributed by atoms with Gasteiger partial charge in [-0.1, -0.05) is 45.0 Å². The van der Waals surface area contributed by atoms with Crippen molar-refractivity contribution in [3.05, 3.63) is 114 Å². The summed E-state index contributed by atoms with van der Waals surface area (Å²) in [4.78, 5) is -0.0756. The SMILES string of the molecule is CC(C)(C)c1ccc(S(=O)(=O)N(Cc2cccc(OS(=O)(=O)c3ccc(F)cc3)c2)Cc2ccco2)cc1. The van der Waals surface area contributed by atoms with Gasteiger partial charge in [0.2, 0.25) is 10.0 Å². The summed E-state index contributed by atoms with van der Waals surface area (Å²) >= 11 is 0. The Kier molecular flexibility index (Phi) is 7.78. The van der Waals surface area contributed by atoms with Gasteiger partial charge in [-0.25, -0.2) is 12.8 Å². The van der Waals surface area contributed by atoms with Crippen LogP contribution in [-0.4, -0.2) is 21.1 Å². The highest BCUT2D eigenvalue weighted by atomic mass is 32.2. The minimum absolute atomic E-state index is 0.00305. The van der Waals surface area contributed by atoms with Crippen molar-refractivity contribution in [1.82, 2.24) is 4.31 Å². The molecule has 0 aliphatic carbocycles. The van der Waals surface area contributed by atoms with E-state index in [1.165, 1.54) is 22.7 Å². The molecule has 0 spiro atoms. The van der Waals surface area contributed by atoms with Crippen molar-refractivity contribution >= 4 is 20.1 Å². The molecule has 0 saturated carbocycles. The van der Waals surface area contributed by atoms with Crippen LogP contribution in [0.3, 0.4) is 0 Å². The van der Waals surface area contributed by atoms with Gasteiger partial charge in [-0.2, -0.15) is 12.7 Å². The maximum Gasteiger partial charge on any atom is 0.339 e. The second kappa shape index (κ2) is 10.7. The quantitative estimate of drug-likeness (QED) is 0.239. The van der Waals surface area contributed by atoms with E-state index in [1.807, 2.05) is 20.8 Å². The first-order chi connectivity index (χ1) is 17.8. The first-order valence-corrected chi connectivity index (χ1v) is 14.6. The highest BCUT2D eigenvalue weighted by Crippen LogP contribution is 2.27. The minimum Gasteiger partial charge on any atom is -0.468 e. The number of rotatable bonds is 9. The van der Waals surface area contributed by atoms with Crippen LogP contribution in [0.15, 0.2) is 105 Å². The van der Waals surface area contributed by atoms with Gasteiger partial charge in [-0.3, -0.25) is 0 Å². The Bertz CT molecular complexity index is 1590. The number of sulfonamides is 1. The highest BCUT2D eigenvalue weighted by Gasteiger charge is 2.27. The fourth-order valence-corrected chi connectivity index (χ4v) is 6.07. The van der Waals surface area contributed by atoms with Crippen molar-refractivity contribution in [2.75, 3.05) is 0 Å². The van der Waals surface area contributed by atoms with Crippen LogP contribution in [0.1, 0.15) is 37.7 Å². The number of nitrogens with zero attached hydrogens (tertiary/aromatic N) is 1. The Hall–Kier alpha value is -3.47. The summed E-state index contributed by atoms with van der Waals surface area (Å²) in [5, 5.41) is 0. The van der Waals surface area contributed by atoms with Gasteiger partial charge in [0.1, 0.15) is 22.2 Å². The first kappa shape index (κ1) is 27.6. The maximum atomic E-state index is 13.7. The molecule has 10 heteroatoms. The molecule has 0 atom stereocenters. The zero-order chi connectivity index (χ0) is 27.6. The Balaban J connectivity index is 1.62. The predicted octanol–water partition coefficient (Wildman–Crippen LogP) is 5.88. The smallest absolute Gasteiger partial charge is 0.339 e.